The Hall–Kier alpha value is -1.18. The molecule has 0 atom stereocenters. The summed E-state index contributed by atoms with van der Waals surface area (Å²) >= 11 is 0. The molecule has 0 amide bonds. The predicted octanol–water partition coefficient (Wildman–Crippen LogP) is 3.72. The number of unbranched alkanes of at least 4 members (excludes halogenated alkanes) is 1. The van der Waals surface area contributed by atoms with Gasteiger partial charge in [-0.2, -0.15) is 0 Å². The van der Waals surface area contributed by atoms with E-state index in [-0.39, 0.29) is 0 Å². The second-order valence-electron chi connectivity index (χ2n) is 3.78. The van der Waals surface area contributed by atoms with E-state index in [9.17, 15) is 0 Å². The molecule has 1 rings (SSSR count). The number of anilines is 2. The molecule has 2 N–H and O–H groups in total. The summed E-state index contributed by atoms with van der Waals surface area (Å²) in [4.78, 5) is 0. The molecule has 1 aromatic carbocycles. The van der Waals surface area contributed by atoms with Crippen molar-refractivity contribution < 1.29 is 0 Å². The number of benzene rings is 1. The molecule has 0 bridgehead atoms. The van der Waals surface area contributed by atoms with Gasteiger partial charge in [0.2, 0.25) is 0 Å². The van der Waals surface area contributed by atoms with E-state index >= 15 is 0 Å². The van der Waals surface area contributed by atoms with E-state index in [1.807, 2.05) is 0 Å². The van der Waals surface area contributed by atoms with E-state index in [4.69, 9.17) is 0 Å². The standard InChI is InChI=1S/C13H22N2/c1-3-5-11-15-13-8-6-12(7-9-13)14-10-4-2/h6-9,14-15H,3-5,10-11H2,1-2H3. The number of hydrogen-bond donors (Lipinski definition) is 2. The van der Waals surface area contributed by atoms with Crippen LogP contribution in [0.4, 0.5) is 11.4 Å². The van der Waals surface area contributed by atoms with Gasteiger partial charge < -0.3 is 10.6 Å². The second-order valence-corrected chi connectivity index (χ2v) is 3.78. The highest BCUT2D eigenvalue weighted by molar-refractivity contribution is 5.53. The van der Waals surface area contributed by atoms with Crippen LogP contribution in [0.3, 0.4) is 0 Å². The van der Waals surface area contributed by atoms with Crippen LogP contribution in [0.1, 0.15) is 33.1 Å². The van der Waals surface area contributed by atoms with Crippen LogP contribution < -0.4 is 10.6 Å². The van der Waals surface area contributed by atoms with Gasteiger partial charge in [0.05, 0.1) is 0 Å². The van der Waals surface area contributed by atoms with Crippen molar-refractivity contribution in [1.29, 1.82) is 0 Å². The van der Waals surface area contributed by atoms with Crippen molar-refractivity contribution in [1.82, 2.24) is 0 Å². The molecule has 0 heterocycles. The lowest BCUT2D eigenvalue weighted by atomic mass is 10.2. The zero-order valence-corrected chi connectivity index (χ0v) is 9.84. The molecule has 0 saturated heterocycles. The van der Waals surface area contributed by atoms with Crippen molar-refractivity contribution in [3.63, 3.8) is 0 Å². The Morgan fingerprint density at radius 1 is 0.800 bits per heavy atom. The summed E-state index contributed by atoms with van der Waals surface area (Å²) in [6.07, 6.45) is 3.63. The van der Waals surface area contributed by atoms with Gasteiger partial charge >= 0.3 is 0 Å². The molecule has 0 saturated carbocycles. The van der Waals surface area contributed by atoms with E-state index in [1.165, 1.54) is 24.2 Å². The molecule has 15 heavy (non-hydrogen) atoms. The molecule has 0 aromatic heterocycles. The summed E-state index contributed by atoms with van der Waals surface area (Å²) in [6, 6.07) is 8.52. The molecule has 0 unspecified atom stereocenters. The maximum Gasteiger partial charge on any atom is 0.0341 e. The fraction of sp³-hybridized carbons (Fsp3) is 0.538. The number of hydrogen-bond acceptors (Lipinski definition) is 2. The minimum Gasteiger partial charge on any atom is -0.385 e. The topological polar surface area (TPSA) is 24.1 Å². The fourth-order valence-electron chi connectivity index (χ4n) is 1.38. The van der Waals surface area contributed by atoms with Crippen molar-refractivity contribution in [2.24, 2.45) is 0 Å². The lowest BCUT2D eigenvalue weighted by molar-refractivity contribution is 0.834. The fourth-order valence-corrected chi connectivity index (χ4v) is 1.38. The summed E-state index contributed by atoms with van der Waals surface area (Å²) in [7, 11) is 0. The van der Waals surface area contributed by atoms with Crippen LogP contribution in [-0.4, -0.2) is 13.1 Å². The van der Waals surface area contributed by atoms with E-state index in [2.05, 4.69) is 48.7 Å². The zero-order valence-electron chi connectivity index (χ0n) is 9.84. The molecular formula is C13H22N2. The van der Waals surface area contributed by atoms with Gasteiger partial charge in [-0.3, -0.25) is 0 Å². The summed E-state index contributed by atoms with van der Waals surface area (Å²) in [5.41, 5.74) is 2.42. The molecule has 1 aromatic rings. The van der Waals surface area contributed by atoms with E-state index in [1.54, 1.807) is 0 Å². The zero-order chi connectivity index (χ0) is 10.9. The van der Waals surface area contributed by atoms with Gasteiger partial charge in [-0.1, -0.05) is 20.3 Å². The normalized spacial score (nSPS) is 10.0. The first kappa shape index (κ1) is 11.9. The Bertz CT molecular complexity index is 254. The minimum absolute atomic E-state index is 1.04. The van der Waals surface area contributed by atoms with E-state index < -0.39 is 0 Å². The number of nitrogens with one attached hydrogen (secondary N) is 2. The van der Waals surface area contributed by atoms with Gasteiger partial charge in [-0.15, -0.1) is 0 Å². The molecule has 0 radical (unpaired) electrons. The molecular weight excluding hydrogens is 184 g/mol. The Morgan fingerprint density at radius 2 is 1.33 bits per heavy atom. The van der Waals surface area contributed by atoms with Crippen LogP contribution in [0.25, 0.3) is 0 Å². The maximum absolute atomic E-state index is 3.40. The van der Waals surface area contributed by atoms with Crippen molar-refractivity contribution in [2.75, 3.05) is 23.7 Å². The largest absolute Gasteiger partial charge is 0.385 e. The monoisotopic (exact) mass is 206 g/mol. The highest BCUT2D eigenvalue weighted by Crippen LogP contribution is 2.13. The molecule has 0 fully saturated rings. The van der Waals surface area contributed by atoms with Gasteiger partial charge in [-0.25, -0.2) is 0 Å². The SMILES string of the molecule is CCCCNc1ccc(NCCC)cc1. The Balaban J connectivity index is 2.35. The first-order valence-corrected chi connectivity index (χ1v) is 5.94. The quantitative estimate of drug-likeness (QED) is 0.664. The Morgan fingerprint density at radius 3 is 1.80 bits per heavy atom. The summed E-state index contributed by atoms with van der Waals surface area (Å²) in [6.45, 7) is 6.49. The minimum atomic E-state index is 1.04. The van der Waals surface area contributed by atoms with Crippen molar-refractivity contribution in [3.05, 3.63) is 24.3 Å². The van der Waals surface area contributed by atoms with Gasteiger partial charge in [-0.05, 0) is 37.1 Å². The van der Waals surface area contributed by atoms with Crippen molar-refractivity contribution in [2.45, 2.75) is 33.1 Å². The third-order valence-corrected chi connectivity index (χ3v) is 2.32. The van der Waals surface area contributed by atoms with Crippen LogP contribution in [-0.2, 0) is 0 Å². The highest BCUT2D eigenvalue weighted by Gasteiger charge is 1.92. The van der Waals surface area contributed by atoms with Crippen molar-refractivity contribution in [3.8, 4) is 0 Å². The maximum atomic E-state index is 3.40. The second kappa shape index (κ2) is 7.16. The smallest absolute Gasteiger partial charge is 0.0341 e. The van der Waals surface area contributed by atoms with Crippen LogP contribution in [0, 0.1) is 0 Å². The Labute approximate surface area is 93.1 Å². The van der Waals surface area contributed by atoms with Gasteiger partial charge in [0.15, 0.2) is 0 Å². The Kier molecular flexibility index (Phi) is 5.67. The third kappa shape index (κ3) is 4.73. The first-order valence-electron chi connectivity index (χ1n) is 5.94. The van der Waals surface area contributed by atoms with Gasteiger partial charge in [0.25, 0.3) is 0 Å². The van der Waals surface area contributed by atoms with Crippen LogP contribution in [0.5, 0.6) is 0 Å². The van der Waals surface area contributed by atoms with Gasteiger partial charge in [0.1, 0.15) is 0 Å². The summed E-state index contributed by atoms with van der Waals surface area (Å²) < 4.78 is 0. The average Bonchev–Trinajstić information content (AvgIpc) is 2.28. The molecule has 0 spiro atoms. The predicted molar refractivity (Wildman–Crippen MR) is 68.6 cm³/mol. The van der Waals surface area contributed by atoms with Crippen LogP contribution >= 0.6 is 0 Å². The molecule has 2 heteroatoms. The molecule has 0 aliphatic carbocycles. The number of rotatable bonds is 7. The molecule has 0 aliphatic heterocycles. The van der Waals surface area contributed by atoms with Crippen LogP contribution in [0.2, 0.25) is 0 Å². The summed E-state index contributed by atoms with van der Waals surface area (Å²) in [5, 5.41) is 6.76. The molecule has 84 valence electrons. The lowest BCUT2D eigenvalue weighted by Crippen LogP contribution is -2.02. The highest BCUT2D eigenvalue weighted by atomic mass is 14.9. The van der Waals surface area contributed by atoms with Crippen LogP contribution in [0.15, 0.2) is 24.3 Å². The summed E-state index contributed by atoms with van der Waals surface area (Å²) in [5.74, 6) is 0. The lowest BCUT2D eigenvalue weighted by Gasteiger charge is -2.08. The third-order valence-electron chi connectivity index (χ3n) is 2.32. The first-order chi connectivity index (χ1) is 7.36. The molecule has 2 nitrogen and oxygen atoms in total. The van der Waals surface area contributed by atoms with Gasteiger partial charge in [0, 0.05) is 24.5 Å². The van der Waals surface area contributed by atoms with E-state index in [0.29, 0.717) is 0 Å². The van der Waals surface area contributed by atoms with Crippen molar-refractivity contribution >= 4 is 11.4 Å². The molecule has 0 aliphatic rings. The van der Waals surface area contributed by atoms with E-state index in [0.717, 1.165) is 19.5 Å². The average molecular weight is 206 g/mol.